The molecule has 1 aliphatic rings. The number of piperidine rings is 1. The molecule has 1 unspecified atom stereocenters. The molecule has 2 aromatic carbocycles. The summed E-state index contributed by atoms with van der Waals surface area (Å²) < 4.78 is 13.0. The fraction of sp³-hybridized carbons (Fsp3) is 0.455. The molecule has 2 nitrogen and oxygen atoms in total. The first-order valence-corrected chi connectivity index (χ1v) is 9.25. The van der Waals surface area contributed by atoms with Crippen LogP contribution in [0, 0.1) is 25.6 Å². The Morgan fingerprint density at radius 2 is 1.76 bits per heavy atom. The molecule has 2 aromatic rings. The molecule has 0 aromatic heterocycles. The van der Waals surface area contributed by atoms with Crippen molar-refractivity contribution in [2.45, 2.75) is 39.2 Å². The van der Waals surface area contributed by atoms with Crippen LogP contribution >= 0.6 is 0 Å². The first kappa shape index (κ1) is 18.1. The van der Waals surface area contributed by atoms with E-state index in [1.165, 1.54) is 28.8 Å². The van der Waals surface area contributed by atoms with Crippen molar-refractivity contribution in [2.75, 3.05) is 19.6 Å². The molecule has 25 heavy (non-hydrogen) atoms. The average molecular weight is 341 g/mol. The van der Waals surface area contributed by atoms with E-state index < -0.39 is 0 Å². The molecule has 3 heteroatoms. The Morgan fingerprint density at radius 1 is 1.08 bits per heavy atom. The number of likely N-dealkylation sites (tertiary alicyclic amines) is 1. The molecular formula is C22H28FNO. The van der Waals surface area contributed by atoms with Crippen molar-refractivity contribution in [1.82, 2.24) is 4.90 Å². The minimum absolute atomic E-state index is 0.176. The van der Waals surface area contributed by atoms with Crippen molar-refractivity contribution in [3.8, 4) is 0 Å². The number of nitrogens with zero attached hydrogens (tertiary/aromatic N) is 1. The lowest BCUT2D eigenvalue weighted by Crippen LogP contribution is -2.37. The summed E-state index contributed by atoms with van der Waals surface area (Å²) >= 11 is 0. The number of benzene rings is 2. The van der Waals surface area contributed by atoms with E-state index in [0.717, 1.165) is 44.5 Å². The van der Waals surface area contributed by atoms with Gasteiger partial charge in [-0.2, -0.15) is 0 Å². The van der Waals surface area contributed by atoms with Gasteiger partial charge >= 0.3 is 0 Å². The van der Waals surface area contributed by atoms with Crippen LogP contribution < -0.4 is 0 Å². The molecule has 0 spiro atoms. The third-order valence-electron chi connectivity index (χ3n) is 5.67. The van der Waals surface area contributed by atoms with Crippen LogP contribution in [0.15, 0.2) is 42.5 Å². The Kier molecular flexibility index (Phi) is 5.87. The normalized spacial score (nSPS) is 17.6. The van der Waals surface area contributed by atoms with E-state index in [4.69, 9.17) is 0 Å². The molecule has 0 amide bonds. The van der Waals surface area contributed by atoms with Crippen molar-refractivity contribution in [1.29, 1.82) is 0 Å². The highest BCUT2D eigenvalue weighted by Crippen LogP contribution is 2.33. The predicted octanol–water partition coefficient (Wildman–Crippen LogP) is 4.43. The summed E-state index contributed by atoms with van der Waals surface area (Å²) in [6.07, 6.45) is 2.64. The summed E-state index contributed by atoms with van der Waals surface area (Å²) in [5.74, 6) is 0.160. The molecule has 3 rings (SSSR count). The first-order valence-electron chi connectivity index (χ1n) is 9.25. The van der Waals surface area contributed by atoms with Gasteiger partial charge in [0.1, 0.15) is 5.82 Å². The summed E-state index contributed by atoms with van der Waals surface area (Å²) in [5.41, 5.74) is 4.73. The Bertz CT molecular complexity index is 690. The number of aliphatic hydroxyl groups is 1. The lowest BCUT2D eigenvalue weighted by atomic mass is 9.85. The minimum Gasteiger partial charge on any atom is -0.388 e. The summed E-state index contributed by atoms with van der Waals surface area (Å²) in [4.78, 5) is 2.45. The number of aryl methyl sites for hydroxylation is 1. The summed E-state index contributed by atoms with van der Waals surface area (Å²) in [6, 6.07) is 13.0. The summed E-state index contributed by atoms with van der Waals surface area (Å²) in [5, 5.41) is 10.8. The first-order chi connectivity index (χ1) is 12.0. The van der Waals surface area contributed by atoms with Crippen LogP contribution in [0.1, 0.15) is 41.2 Å². The van der Waals surface area contributed by atoms with Crippen LogP contribution in [0.3, 0.4) is 0 Å². The van der Waals surface area contributed by atoms with E-state index in [2.05, 4.69) is 30.9 Å². The van der Waals surface area contributed by atoms with Gasteiger partial charge in [0.05, 0.1) is 6.10 Å². The van der Waals surface area contributed by atoms with Gasteiger partial charge in [-0.3, -0.25) is 0 Å². The van der Waals surface area contributed by atoms with Crippen LogP contribution in [0.4, 0.5) is 4.39 Å². The maximum absolute atomic E-state index is 13.0. The average Bonchev–Trinajstić information content (AvgIpc) is 2.63. The van der Waals surface area contributed by atoms with Gasteiger partial charge in [0.15, 0.2) is 0 Å². The molecule has 1 atom stereocenters. The topological polar surface area (TPSA) is 23.5 Å². The van der Waals surface area contributed by atoms with Gasteiger partial charge in [0, 0.05) is 6.54 Å². The van der Waals surface area contributed by atoms with E-state index in [1.807, 2.05) is 18.2 Å². The van der Waals surface area contributed by atoms with E-state index in [0.29, 0.717) is 5.92 Å². The van der Waals surface area contributed by atoms with Crippen LogP contribution in [0.2, 0.25) is 0 Å². The second-order valence-electron chi connectivity index (χ2n) is 7.29. The highest BCUT2D eigenvalue weighted by atomic mass is 19.1. The van der Waals surface area contributed by atoms with Gasteiger partial charge in [-0.05, 0) is 86.5 Å². The maximum Gasteiger partial charge on any atom is 0.123 e. The van der Waals surface area contributed by atoms with Crippen LogP contribution in [0.25, 0.3) is 0 Å². The standard InChI is InChI=1S/C22H28FNO/c1-16-4-3-5-21(17(16)2)22(25)19-11-14-24(15-12-19)13-10-18-6-8-20(23)9-7-18/h3-9,19,22,25H,10-15H2,1-2H3. The molecule has 0 bridgehead atoms. The molecule has 134 valence electrons. The Labute approximate surface area is 150 Å². The van der Waals surface area contributed by atoms with Crippen molar-refractivity contribution >= 4 is 0 Å². The van der Waals surface area contributed by atoms with Gasteiger partial charge in [0.2, 0.25) is 0 Å². The van der Waals surface area contributed by atoms with Crippen molar-refractivity contribution < 1.29 is 9.50 Å². The van der Waals surface area contributed by atoms with Gasteiger partial charge in [0.25, 0.3) is 0 Å². The zero-order chi connectivity index (χ0) is 17.8. The second kappa shape index (κ2) is 8.11. The monoisotopic (exact) mass is 341 g/mol. The third-order valence-corrected chi connectivity index (χ3v) is 5.67. The molecule has 1 heterocycles. The number of hydrogen-bond donors (Lipinski definition) is 1. The highest BCUT2D eigenvalue weighted by molar-refractivity contribution is 5.35. The zero-order valence-corrected chi connectivity index (χ0v) is 15.2. The van der Waals surface area contributed by atoms with E-state index >= 15 is 0 Å². The van der Waals surface area contributed by atoms with Crippen LogP contribution in [-0.2, 0) is 6.42 Å². The van der Waals surface area contributed by atoms with Gasteiger partial charge in [-0.25, -0.2) is 4.39 Å². The van der Waals surface area contributed by atoms with Crippen molar-refractivity contribution in [3.63, 3.8) is 0 Å². The summed E-state index contributed by atoms with van der Waals surface area (Å²) in [6.45, 7) is 7.24. The van der Waals surface area contributed by atoms with Gasteiger partial charge in [-0.1, -0.05) is 30.3 Å². The molecule has 1 aliphatic heterocycles. The Balaban J connectivity index is 1.51. The highest BCUT2D eigenvalue weighted by Gasteiger charge is 2.27. The Morgan fingerprint density at radius 3 is 2.44 bits per heavy atom. The van der Waals surface area contributed by atoms with Gasteiger partial charge < -0.3 is 10.0 Å². The summed E-state index contributed by atoms with van der Waals surface area (Å²) in [7, 11) is 0. The maximum atomic E-state index is 13.0. The fourth-order valence-corrected chi connectivity index (χ4v) is 3.78. The van der Waals surface area contributed by atoms with Crippen LogP contribution in [-0.4, -0.2) is 29.6 Å². The van der Waals surface area contributed by atoms with E-state index in [-0.39, 0.29) is 11.9 Å². The number of hydrogen-bond acceptors (Lipinski definition) is 2. The molecule has 1 fully saturated rings. The SMILES string of the molecule is Cc1cccc(C(O)C2CCN(CCc3ccc(F)cc3)CC2)c1C. The number of aliphatic hydroxyl groups excluding tert-OH is 1. The molecular weight excluding hydrogens is 313 g/mol. The van der Waals surface area contributed by atoms with Crippen molar-refractivity contribution in [3.05, 3.63) is 70.5 Å². The Hall–Kier alpha value is -1.71. The zero-order valence-electron chi connectivity index (χ0n) is 15.2. The predicted molar refractivity (Wildman–Crippen MR) is 100 cm³/mol. The minimum atomic E-state index is -0.362. The number of rotatable bonds is 5. The molecule has 0 aliphatic carbocycles. The quantitative estimate of drug-likeness (QED) is 0.869. The van der Waals surface area contributed by atoms with Crippen molar-refractivity contribution in [2.24, 2.45) is 5.92 Å². The molecule has 0 saturated carbocycles. The molecule has 1 saturated heterocycles. The fourth-order valence-electron chi connectivity index (χ4n) is 3.78. The van der Waals surface area contributed by atoms with Gasteiger partial charge in [-0.15, -0.1) is 0 Å². The lowest BCUT2D eigenvalue weighted by molar-refractivity contribution is 0.0588. The van der Waals surface area contributed by atoms with E-state index in [1.54, 1.807) is 0 Å². The smallest absolute Gasteiger partial charge is 0.123 e. The largest absolute Gasteiger partial charge is 0.388 e. The van der Waals surface area contributed by atoms with Crippen LogP contribution in [0.5, 0.6) is 0 Å². The third kappa shape index (κ3) is 4.47. The second-order valence-corrected chi connectivity index (χ2v) is 7.29. The lowest BCUT2D eigenvalue weighted by Gasteiger charge is -2.35. The van der Waals surface area contributed by atoms with E-state index in [9.17, 15) is 9.50 Å². The number of halogens is 1. The molecule has 1 N–H and O–H groups in total. The molecule has 0 radical (unpaired) electrons.